The molecule has 0 saturated carbocycles. The Kier molecular flexibility index (Phi) is 4.51. The van der Waals surface area contributed by atoms with Gasteiger partial charge < -0.3 is 9.80 Å². The highest BCUT2D eigenvalue weighted by atomic mass is 16.2. The van der Waals surface area contributed by atoms with E-state index in [0.29, 0.717) is 12.5 Å². The van der Waals surface area contributed by atoms with Gasteiger partial charge >= 0.3 is 0 Å². The van der Waals surface area contributed by atoms with Crippen LogP contribution in [0.2, 0.25) is 0 Å². The van der Waals surface area contributed by atoms with Gasteiger partial charge in [-0.2, -0.15) is 0 Å². The van der Waals surface area contributed by atoms with Gasteiger partial charge in [-0.1, -0.05) is 13.0 Å². The Morgan fingerprint density at radius 3 is 2.75 bits per heavy atom. The number of amides is 1. The van der Waals surface area contributed by atoms with E-state index in [-0.39, 0.29) is 11.6 Å². The van der Waals surface area contributed by atoms with E-state index in [1.165, 1.54) is 0 Å². The average Bonchev–Trinajstić information content (AvgIpc) is 2.65. The highest BCUT2D eigenvalue weighted by Crippen LogP contribution is 2.17. The molecule has 4 nitrogen and oxygen atoms in total. The molecule has 0 bridgehead atoms. The van der Waals surface area contributed by atoms with E-state index >= 15 is 0 Å². The fourth-order valence-corrected chi connectivity index (χ4v) is 1.73. The van der Waals surface area contributed by atoms with Crippen LogP contribution in [0.25, 0.3) is 4.85 Å². The zero-order chi connectivity index (χ0) is 12.1. The molecule has 88 valence electrons. The molecule has 0 N–H and O–H groups in total. The van der Waals surface area contributed by atoms with Gasteiger partial charge in [0.1, 0.15) is 0 Å². The minimum Gasteiger partial charge on any atom is -0.348 e. The topological polar surface area (TPSA) is 27.9 Å². The molecule has 1 fully saturated rings. The third-order valence-electron chi connectivity index (χ3n) is 2.70. The quantitative estimate of drug-likeness (QED) is 0.529. The fourth-order valence-electron chi connectivity index (χ4n) is 1.73. The maximum atomic E-state index is 12.0. The lowest BCUT2D eigenvalue weighted by Crippen LogP contribution is -2.29. The monoisotopic (exact) mass is 221 g/mol. The fraction of sp³-hybridized carbons (Fsp3) is 0.667. The molecule has 0 radical (unpaired) electrons. The van der Waals surface area contributed by atoms with Crippen molar-refractivity contribution in [2.75, 3.05) is 33.7 Å². The van der Waals surface area contributed by atoms with Crippen molar-refractivity contribution < 1.29 is 4.79 Å². The molecule has 0 unspecified atom stereocenters. The van der Waals surface area contributed by atoms with Gasteiger partial charge in [0.05, 0.1) is 6.57 Å². The second-order valence-electron chi connectivity index (χ2n) is 4.61. The van der Waals surface area contributed by atoms with Gasteiger partial charge in [-0.3, -0.25) is 4.79 Å². The summed E-state index contributed by atoms with van der Waals surface area (Å²) in [4.78, 5) is 19.0. The lowest BCUT2D eigenvalue weighted by atomic mass is 10.2. The molecule has 0 aliphatic carbocycles. The number of hydrogen-bond donors (Lipinski definition) is 0. The summed E-state index contributed by atoms with van der Waals surface area (Å²) < 4.78 is 0. The first-order valence-corrected chi connectivity index (χ1v) is 5.56. The summed E-state index contributed by atoms with van der Waals surface area (Å²) in [6.45, 7) is 11.4. The third kappa shape index (κ3) is 3.35. The van der Waals surface area contributed by atoms with Crippen LogP contribution in [-0.2, 0) is 4.79 Å². The molecule has 0 spiro atoms. The van der Waals surface area contributed by atoms with Crippen molar-refractivity contribution in [1.82, 2.24) is 9.80 Å². The van der Waals surface area contributed by atoms with Gasteiger partial charge in [0, 0.05) is 19.6 Å². The maximum Gasteiger partial charge on any atom is 0.252 e. The van der Waals surface area contributed by atoms with Gasteiger partial charge in [0.25, 0.3) is 5.91 Å². The second-order valence-corrected chi connectivity index (χ2v) is 4.61. The molecular weight excluding hydrogens is 202 g/mol. The van der Waals surface area contributed by atoms with E-state index in [0.717, 1.165) is 19.5 Å². The van der Waals surface area contributed by atoms with Crippen molar-refractivity contribution in [1.29, 1.82) is 0 Å². The maximum absolute atomic E-state index is 12.0. The van der Waals surface area contributed by atoms with E-state index in [1.807, 2.05) is 19.0 Å². The van der Waals surface area contributed by atoms with Crippen LogP contribution in [0.3, 0.4) is 0 Å². The number of carbonyl (C=O) groups is 1. The van der Waals surface area contributed by atoms with Gasteiger partial charge in [-0.25, -0.2) is 4.85 Å². The molecule has 0 aromatic heterocycles. The number of likely N-dealkylation sites (tertiary alicyclic amines) is 1. The molecule has 4 heteroatoms. The van der Waals surface area contributed by atoms with Crippen LogP contribution >= 0.6 is 0 Å². The first-order chi connectivity index (χ1) is 7.54. The summed E-state index contributed by atoms with van der Waals surface area (Å²) in [5.74, 6) is 0.450. The zero-order valence-electron chi connectivity index (χ0n) is 10.2. The molecule has 1 amide bonds. The van der Waals surface area contributed by atoms with Gasteiger partial charge in [0.2, 0.25) is 5.70 Å². The van der Waals surface area contributed by atoms with Crippen LogP contribution in [0.4, 0.5) is 0 Å². The highest BCUT2D eigenvalue weighted by Gasteiger charge is 2.25. The minimum absolute atomic E-state index is 0.110. The van der Waals surface area contributed by atoms with Gasteiger partial charge in [0.15, 0.2) is 0 Å². The molecule has 1 saturated heterocycles. The predicted octanol–water partition coefficient (Wildman–Crippen LogP) is 1.22. The Balaban J connectivity index is 2.63. The smallest absolute Gasteiger partial charge is 0.252 e. The van der Waals surface area contributed by atoms with E-state index in [2.05, 4.69) is 11.8 Å². The molecule has 16 heavy (non-hydrogen) atoms. The minimum atomic E-state index is -0.110. The van der Waals surface area contributed by atoms with Gasteiger partial charge in [-0.05, 0) is 26.4 Å². The largest absolute Gasteiger partial charge is 0.348 e. The second kappa shape index (κ2) is 5.66. The van der Waals surface area contributed by atoms with Crippen molar-refractivity contribution in [3.05, 3.63) is 23.2 Å². The Bertz CT molecular complexity index is 328. The Hall–Kier alpha value is -1.34. The summed E-state index contributed by atoms with van der Waals surface area (Å²) in [6.07, 6.45) is 2.75. The van der Waals surface area contributed by atoms with Crippen molar-refractivity contribution in [2.45, 2.75) is 13.3 Å². The molecule has 1 aliphatic rings. The molecule has 0 aromatic carbocycles. The van der Waals surface area contributed by atoms with E-state index in [9.17, 15) is 4.79 Å². The van der Waals surface area contributed by atoms with Crippen LogP contribution in [0.15, 0.2) is 11.8 Å². The van der Waals surface area contributed by atoms with Crippen LogP contribution in [-0.4, -0.2) is 49.4 Å². The number of likely N-dealkylation sites (N-methyl/N-ethyl adjacent to an activating group) is 1. The van der Waals surface area contributed by atoms with Crippen LogP contribution < -0.4 is 0 Å². The Labute approximate surface area is 97.3 Å². The molecule has 1 aliphatic heterocycles. The van der Waals surface area contributed by atoms with Crippen LogP contribution in [0.1, 0.15) is 13.3 Å². The molecule has 1 atom stereocenters. The lowest BCUT2D eigenvalue weighted by Gasteiger charge is -2.15. The summed E-state index contributed by atoms with van der Waals surface area (Å²) in [5, 5.41) is 0. The summed E-state index contributed by atoms with van der Waals surface area (Å²) in [7, 11) is 3.83. The summed E-state index contributed by atoms with van der Waals surface area (Å²) in [5.41, 5.74) is 0.253. The molecule has 1 rings (SSSR count). The normalized spacial score (nSPS) is 21.3. The van der Waals surface area contributed by atoms with Crippen molar-refractivity contribution in [3.8, 4) is 0 Å². The number of rotatable bonds is 3. The van der Waals surface area contributed by atoms with Crippen molar-refractivity contribution in [2.24, 2.45) is 5.92 Å². The highest BCUT2D eigenvalue weighted by molar-refractivity contribution is 5.95. The Morgan fingerprint density at radius 2 is 2.31 bits per heavy atom. The SMILES string of the molecule is [C-]#[N+]/C(=C\CN(C)C)C(=O)N1CC[C@H](C)C1. The molecule has 0 aromatic rings. The first-order valence-electron chi connectivity index (χ1n) is 5.56. The van der Waals surface area contributed by atoms with Crippen LogP contribution in [0.5, 0.6) is 0 Å². The van der Waals surface area contributed by atoms with Crippen molar-refractivity contribution in [3.63, 3.8) is 0 Å². The number of carbonyl (C=O) groups excluding carboxylic acids is 1. The first kappa shape index (κ1) is 12.7. The van der Waals surface area contributed by atoms with E-state index in [1.54, 1.807) is 11.0 Å². The lowest BCUT2D eigenvalue weighted by molar-refractivity contribution is -0.125. The average molecular weight is 221 g/mol. The summed E-state index contributed by atoms with van der Waals surface area (Å²) in [6, 6.07) is 0. The molecule has 1 heterocycles. The van der Waals surface area contributed by atoms with E-state index < -0.39 is 0 Å². The summed E-state index contributed by atoms with van der Waals surface area (Å²) >= 11 is 0. The number of nitrogens with zero attached hydrogens (tertiary/aromatic N) is 3. The van der Waals surface area contributed by atoms with Crippen molar-refractivity contribution >= 4 is 5.91 Å². The Morgan fingerprint density at radius 1 is 1.62 bits per heavy atom. The predicted molar refractivity (Wildman–Crippen MR) is 63.6 cm³/mol. The van der Waals surface area contributed by atoms with Gasteiger partial charge in [-0.15, -0.1) is 0 Å². The zero-order valence-corrected chi connectivity index (χ0v) is 10.2. The standard InChI is InChI=1S/C12H19N3O/c1-10-5-8-15(9-10)12(16)11(13-2)6-7-14(3)4/h6,10H,5,7-9H2,1,3-4H3/b11-6-/t10-/m0/s1. The number of hydrogen-bond acceptors (Lipinski definition) is 2. The molecular formula is C12H19N3O. The van der Waals surface area contributed by atoms with Crippen LogP contribution in [0, 0.1) is 12.5 Å². The van der Waals surface area contributed by atoms with E-state index in [4.69, 9.17) is 6.57 Å². The third-order valence-corrected chi connectivity index (χ3v) is 2.70.